The average molecular weight is 198 g/mol. The fraction of sp³-hybridized carbons (Fsp3) is 0.900. The minimum atomic E-state index is 0.0881. The van der Waals surface area contributed by atoms with Gasteiger partial charge in [-0.25, -0.2) is 4.79 Å². The minimum Gasteiger partial charge on any atom is -0.378 e. The summed E-state index contributed by atoms with van der Waals surface area (Å²) < 4.78 is 5.19. The number of ether oxygens (including phenoxy) is 1. The van der Waals surface area contributed by atoms with Gasteiger partial charge in [0, 0.05) is 19.1 Å². The second-order valence-corrected chi connectivity index (χ2v) is 4.32. The first kappa shape index (κ1) is 9.77. The molecule has 0 aromatic carbocycles. The molecule has 2 rings (SSSR count). The van der Waals surface area contributed by atoms with Crippen LogP contribution in [0.1, 0.15) is 19.8 Å². The van der Waals surface area contributed by atoms with Crippen LogP contribution >= 0.6 is 0 Å². The summed E-state index contributed by atoms with van der Waals surface area (Å²) in [5, 5.41) is 3.05. The molecule has 2 fully saturated rings. The van der Waals surface area contributed by atoms with Gasteiger partial charge in [-0.05, 0) is 18.8 Å². The van der Waals surface area contributed by atoms with Crippen LogP contribution in [-0.2, 0) is 4.74 Å². The van der Waals surface area contributed by atoms with E-state index in [0.717, 1.165) is 31.8 Å². The van der Waals surface area contributed by atoms with E-state index in [1.807, 2.05) is 4.90 Å². The third kappa shape index (κ3) is 2.18. The highest BCUT2D eigenvalue weighted by Gasteiger charge is 2.28. The first-order chi connectivity index (χ1) is 6.75. The SMILES string of the molecule is CC1CC(NC(=O)N2CCOCC2)C1. The van der Waals surface area contributed by atoms with Gasteiger partial charge in [0.2, 0.25) is 0 Å². The van der Waals surface area contributed by atoms with Crippen molar-refractivity contribution in [2.45, 2.75) is 25.8 Å². The van der Waals surface area contributed by atoms with Crippen molar-refractivity contribution in [3.05, 3.63) is 0 Å². The van der Waals surface area contributed by atoms with Gasteiger partial charge in [0.1, 0.15) is 0 Å². The first-order valence-electron chi connectivity index (χ1n) is 5.39. The van der Waals surface area contributed by atoms with Gasteiger partial charge in [0.15, 0.2) is 0 Å². The van der Waals surface area contributed by atoms with Crippen molar-refractivity contribution in [1.82, 2.24) is 10.2 Å². The summed E-state index contributed by atoms with van der Waals surface area (Å²) in [6, 6.07) is 0.505. The number of hydrogen-bond donors (Lipinski definition) is 1. The molecule has 14 heavy (non-hydrogen) atoms. The smallest absolute Gasteiger partial charge is 0.317 e. The predicted octanol–water partition coefficient (Wildman–Crippen LogP) is 0.827. The Hall–Kier alpha value is -0.770. The number of carbonyl (C=O) groups is 1. The van der Waals surface area contributed by atoms with Crippen molar-refractivity contribution < 1.29 is 9.53 Å². The Morgan fingerprint density at radius 2 is 2.00 bits per heavy atom. The summed E-state index contributed by atoms with van der Waals surface area (Å²) in [6.45, 7) is 5.03. The maximum Gasteiger partial charge on any atom is 0.317 e. The first-order valence-corrected chi connectivity index (χ1v) is 5.39. The van der Waals surface area contributed by atoms with Gasteiger partial charge in [0.25, 0.3) is 0 Å². The monoisotopic (exact) mass is 198 g/mol. The highest BCUT2D eigenvalue weighted by Crippen LogP contribution is 2.26. The van der Waals surface area contributed by atoms with Gasteiger partial charge in [-0.15, -0.1) is 0 Å². The Morgan fingerprint density at radius 1 is 1.36 bits per heavy atom. The van der Waals surface area contributed by atoms with Crippen LogP contribution in [0.2, 0.25) is 0 Å². The molecule has 0 atom stereocenters. The lowest BCUT2D eigenvalue weighted by molar-refractivity contribution is 0.0509. The van der Waals surface area contributed by atoms with Crippen molar-refractivity contribution in [3.63, 3.8) is 0 Å². The lowest BCUT2D eigenvalue weighted by Crippen LogP contribution is -2.52. The molecular weight excluding hydrogens is 180 g/mol. The van der Waals surface area contributed by atoms with E-state index in [2.05, 4.69) is 12.2 Å². The lowest BCUT2D eigenvalue weighted by atomic mass is 9.82. The van der Waals surface area contributed by atoms with Crippen LogP contribution in [0.3, 0.4) is 0 Å². The molecule has 80 valence electrons. The van der Waals surface area contributed by atoms with Gasteiger partial charge in [-0.2, -0.15) is 0 Å². The molecule has 0 aromatic heterocycles. The van der Waals surface area contributed by atoms with Crippen LogP contribution < -0.4 is 5.32 Å². The zero-order valence-electron chi connectivity index (χ0n) is 8.66. The normalized spacial score (nSPS) is 32.2. The van der Waals surface area contributed by atoms with Gasteiger partial charge >= 0.3 is 6.03 Å². The second kappa shape index (κ2) is 4.17. The van der Waals surface area contributed by atoms with Crippen molar-refractivity contribution in [2.75, 3.05) is 26.3 Å². The molecule has 1 heterocycles. The summed E-state index contributed by atoms with van der Waals surface area (Å²) in [4.78, 5) is 13.5. The third-order valence-electron chi connectivity index (χ3n) is 3.00. The van der Waals surface area contributed by atoms with Crippen molar-refractivity contribution >= 4 is 6.03 Å². The van der Waals surface area contributed by atoms with Crippen LogP contribution in [0.4, 0.5) is 4.79 Å². The zero-order chi connectivity index (χ0) is 9.97. The fourth-order valence-electron chi connectivity index (χ4n) is 2.05. The van der Waals surface area contributed by atoms with Crippen LogP contribution in [0.5, 0.6) is 0 Å². The van der Waals surface area contributed by atoms with Crippen LogP contribution in [0.25, 0.3) is 0 Å². The summed E-state index contributed by atoms with van der Waals surface area (Å²) in [5.74, 6) is 0.782. The largest absolute Gasteiger partial charge is 0.378 e. The average Bonchev–Trinajstić information content (AvgIpc) is 2.17. The molecule has 2 aliphatic rings. The molecule has 0 radical (unpaired) electrons. The van der Waals surface area contributed by atoms with E-state index in [1.165, 1.54) is 0 Å². The van der Waals surface area contributed by atoms with Crippen molar-refractivity contribution in [3.8, 4) is 0 Å². The lowest BCUT2D eigenvalue weighted by Gasteiger charge is -2.36. The number of nitrogens with one attached hydrogen (secondary N) is 1. The summed E-state index contributed by atoms with van der Waals surface area (Å²) >= 11 is 0. The molecule has 0 aromatic rings. The summed E-state index contributed by atoms with van der Waals surface area (Å²) in [6.07, 6.45) is 2.27. The van der Waals surface area contributed by atoms with Gasteiger partial charge in [0.05, 0.1) is 13.2 Å². The minimum absolute atomic E-state index is 0.0881. The highest BCUT2D eigenvalue weighted by molar-refractivity contribution is 5.74. The molecule has 2 amide bonds. The molecule has 4 nitrogen and oxygen atoms in total. The molecule has 0 spiro atoms. The molecule has 0 unspecified atom stereocenters. The van der Waals surface area contributed by atoms with Crippen LogP contribution in [0, 0.1) is 5.92 Å². The molecule has 1 saturated carbocycles. The number of urea groups is 1. The summed E-state index contributed by atoms with van der Waals surface area (Å²) in [7, 11) is 0. The van der Waals surface area contributed by atoms with Gasteiger partial charge in [-0.3, -0.25) is 0 Å². The van der Waals surface area contributed by atoms with E-state index in [1.54, 1.807) is 0 Å². The topological polar surface area (TPSA) is 41.6 Å². The molecular formula is C10H18N2O2. The Morgan fingerprint density at radius 3 is 2.57 bits per heavy atom. The zero-order valence-corrected chi connectivity index (χ0v) is 8.66. The maximum atomic E-state index is 11.7. The molecule has 1 aliphatic heterocycles. The Kier molecular flexibility index (Phi) is 2.91. The van der Waals surface area contributed by atoms with Gasteiger partial charge < -0.3 is 15.0 Å². The third-order valence-corrected chi connectivity index (χ3v) is 3.00. The van der Waals surface area contributed by atoms with Crippen molar-refractivity contribution in [1.29, 1.82) is 0 Å². The Labute approximate surface area is 84.6 Å². The van der Waals surface area contributed by atoms with Crippen molar-refractivity contribution in [2.24, 2.45) is 5.92 Å². The standard InChI is InChI=1S/C10H18N2O2/c1-8-6-9(7-8)11-10(13)12-2-4-14-5-3-12/h8-9H,2-7H2,1H3,(H,11,13). The number of amides is 2. The van der Waals surface area contributed by atoms with E-state index < -0.39 is 0 Å². The van der Waals surface area contributed by atoms with Crippen LogP contribution in [0.15, 0.2) is 0 Å². The summed E-state index contributed by atoms with van der Waals surface area (Å²) in [5.41, 5.74) is 0. The molecule has 1 saturated heterocycles. The van der Waals surface area contributed by atoms with Gasteiger partial charge in [-0.1, -0.05) is 6.92 Å². The number of hydrogen-bond acceptors (Lipinski definition) is 2. The molecule has 4 heteroatoms. The number of nitrogens with zero attached hydrogens (tertiary/aromatic N) is 1. The van der Waals surface area contributed by atoms with E-state index in [0.29, 0.717) is 19.3 Å². The number of carbonyl (C=O) groups excluding carboxylic acids is 1. The Balaban J connectivity index is 1.71. The quantitative estimate of drug-likeness (QED) is 0.678. The number of morpholine rings is 1. The molecule has 0 bridgehead atoms. The van der Waals surface area contributed by atoms with E-state index in [4.69, 9.17) is 4.74 Å². The molecule has 1 aliphatic carbocycles. The van der Waals surface area contributed by atoms with E-state index in [9.17, 15) is 4.79 Å². The second-order valence-electron chi connectivity index (χ2n) is 4.32. The fourth-order valence-corrected chi connectivity index (χ4v) is 2.05. The molecule has 1 N–H and O–H groups in total. The maximum absolute atomic E-state index is 11.7. The highest BCUT2D eigenvalue weighted by atomic mass is 16.5. The van der Waals surface area contributed by atoms with E-state index >= 15 is 0 Å². The van der Waals surface area contributed by atoms with E-state index in [-0.39, 0.29) is 6.03 Å². The Bertz CT molecular complexity index is 208. The number of rotatable bonds is 1. The predicted molar refractivity (Wildman–Crippen MR) is 53.1 cm³/mol. The van der Waals surface area contributed by atoms with Crippen LogP contribution in [-0.4, -0.2) is 43.3 Å².